The van der Waals surface area contributed by atoms with E-state index in [1.807, 2.05) is 0 Å². The van der Waals surface area contributed by atoms with Crippen LogP contribution >= 0.6 is 0 Å². The molecule has 1 aliphatic rings. The Kier molecular flexibility index (Phi) is 3.31. The Morgan fingerprint density at radius 1 is 1.50 bits per heavy atom. The van der Waals surface area contributed by atoms with Gasteiger partial charge in [-0.05, 0) is 26.8 Å². The van der Waals surface area contributed by atoms with Gasteiger partial charge in [-0.3, -0.25) is 4.79 Å². The lowest BCUT2D eigenvalue weighted by molar-refractivity contribution is -0.180. The molecule has 0 bridgehead atoms. The van der Waals surface area contributed by atoms with Gasteiger partial charge < -0.3 is 10.6 Å². The Morgan fingerprint density at radius 3 is 2.50 bits per heavy atom. The van der Waals surface area contributed by atoms with Gasteiger partial charge in [0.15, 0.2) is 0 Å². The summed E-state index contributed by atoms with van der Waals surface area (Å²) in [4.78, 5) is 31.1. The Morgan fingerprint density at radius 2 is 2.12 bits per heavy atom. The van der Waals surface area contributed by atoms with Crippen LogP contribution in [0.4, 0.5) is 0 Å². The molecule has 0 aliphatic carbocycles. The second kappa shape index (κ2) is 4.34. The highest BCUT2D eigenvalue weighted by atomic mass is 16.7. The van der Waals surface area contributed by atoms with Crippen LogP contribution in [0.15, 0.2) is 16.8 Å². The van der Waals surface area contributed by atoms with E-state index in [0.717, 1.165) is 0 Å². The average Bonchev–Trinajstić information content (AvgIpc) is 2.17. The predicted octanol–water partition coefficient (Wildman–Crippen LogP) is 0.204. The second-order valence-electron chi connectivity index (χ2n) is 4.43. The number of hydroxylamine groups is 2. The van der Waals surface area contributed by atoms with Gasteiger partial charge in [-0.25, -0.2) is 9.79 Å². The van der Waals surface area contributed by atoms with Gasteiger partial charge in [0.25, 0.3) is 5.91 Å². The van der Waals surface area contributed by atoms with Crippen LogP contribution in [0.1, 0.15) is 20.8 Å². The summed E-state index contributed by atoms with van der Waals surface area (Å²) in [5.41, 5.74) is 4.62. The Labute approximate surface area is 93.7 Å². The maximum atomic E-state index is 11.5. The van der Waals surface area contributed by atoms with E-state index in [4.69, 9.17) is 10.6 Å². The van der Waals surface area contributed by atoms with Crippen LogP contribution < -0.4 is 5.73 Å². The molecule has 1 amide bonds. The summed E-state index contributed by atoms with van der Waals surface area (Å²) in [6.45, 7) is 5.52. The number of hydrogen-bond donors (Lipinski definition) is 1. The average molecular weight is 225 g/mol. The Bertz CT molecular complexity index is 366. The molecule has 0 atom stereocenters. The lowest BCUT2D eigenvalue weighted by Crippen LogP contribution is -2.34. The highest BCUT2D eigenvalue weighted by molar-refractivity contribution is 5.93. The number of nitrogens with two attached hydrogens (primary N) is 1. The molecule has 0 saturated heterocycles. The van der Waals surface area contributed by atoms with Crippen molar-refractivity contribution < 1.29 is 14.4 Å². The summed E-state index contributed by atoms with van der Waals surface area (Å²) in [6.07, 6.45) is 2.77. The van der Waals surface area contributed by atoms with Crippen LogP contribution in [0.25, 0.3) is 0 Å². The van der Waals surface area contributed by atoms with Crippen molar-refractivity contribution in [3.05, 3.63) is 11.8 Å². The molecule has 88 valence electrons. The van der Waals surface area contributed by atoms with E-state index in [1.54, 1.807) is 20.8 Å². The van der Waals surface area contributed by atoms with Crippen molar-refractivity contribution in [1.29, 1.82) is 0 Å². The van der Waals surface area contributed by atoms with Crippen LogP contribution in [0, 0.1) is 5.41 Å². The topological polar surface area (TPSA) is 85.0 Å². The molecular weight excluding hydrogens is 210 g/mol. The molecule has 0 aromatic carbocycles. The molecule has 1 rings (SSSR count). The highest BCUT2D eigenvalue weighted by Gasteiger charge is 2.26. The first-order chi connectivity index (χ1) is 7.30. The van der Waals surface area contributed by atoms with Crippen molar-refractivity contribution in [2.24, 2.45) is 16.1 Å². The van der Waals surface area contributed by atoms with Gasteiger partial charge in [-0.15, -0.1) is 0 Å². The van der Waals surface area contributed by atoms with Crippen molar-refractivity contribution in [2.45, 2.75) is 20.8 Å². The molecule has 16 heavy (non-hydrogen) atoms. The third-order valence-corrected chi connectivity index (χ3v) is 1.86. The lowest BCUT2D eigenvalue weighted by Gasteiger charge is -2.24. The third-order valence-electron chi connectivity index (χ3n) is 1.86. The van der Waals surface area contributed by atoms with Gasteiger partial charge in [0.1, 0.15) is 12.0 Å². The van der Waals surface area contributed by atoms with E-state index in [9.17, 15) is 9.59 Å². The van der Waals surface area contributed by atoms with Gasteiger partial charge in [-0.2, -0.15) is 5.06 Å². The number of amides is 1. The van der Waals surface area contributed by atoms with Crippen molar-refractivity contribution >= 4 is 18.2 Å². The van der Waals surface area contributed by atoms with Crippen LogP contribution in [0.2, 0.25) is 0 Å². The van der Waals surface area contributed by atoms with Crippen molar-refractivity contribution in [2.75, 3.05) is 6.54 Å². The first-order valence-corrected chi connectivity index (χ1v) is 4.84. The normalized spacial score (nSPS) is 15.7. The predicted molar refractivity (Wildman–Crippen MR) is 58.0 cm³/mol. The zero-order chi connectivity index (χ0) is 12.3. The number of nitrogens with zero attached hydrogens (tertiary/aromatic N) is 2. The van der Waals surface area contributed by atoms with Crippen molar-refractivity contribution in [1.82, 2.24) is 5.06 Å². The summed E-state index contributed by atoms with van der Waals surface area (Å²) < 4.78 is 0. The monoisotopic (exact) mass is 225 g/mol. The molecule has 0 fully saturated rings. The van der Waals surface area contributed by atoms with Gasteiger partial charge in [0.05, 0.1) is 12.0 Å². The van der Waals surface area contributed by atoms with Crippen LogP contribution in [-0.2, 0) is 14.4 Å². The molecular formula is C10H15N3O3. The molecule has 0 aromatic heterocycles. The number of primary amides is 1. The van der Waals surface area contributed by atoms with Gasteiger partial charge >= 0.3 is 5.97 Å². The molecule has 1 aliphatic heterocycles. The largest absolute Gasteiger partial charge is 0.364 e. The van der Waals surface area contributed by atoms with E-state index in [0.29, 0.717) is 0 Å². The quantitative estimate of drug-likeness (QED) is 0.727. The van der Waals surface area contributed by atoms with Gasteiger partial charge in [0.2, 0.25) is 0 Å². The molecule has 6 nitrogen and oxygen atoms in total. The fourth-order valence-corrected chi connectivity index (χ4v) is 0.871. The van der Waals surface area contributed by atoms with Crippen LogP contribution in [-0.4, -0.2) is 29.8 Å². The molecule has 1 heterocycles. The zero-order valence-electron chi connectivity index (χ0n) is 9.56. The number of carbonyl (C=O) groups excluding carboxylic acids is 2. The lowest BCUT2D eigenvalue weighted by atomic mass is 9.98. The molecule has 0 radical (unpaired) electrons. The number of aliphatic imine (C=N–C) groups is 1. The third kappa shape index (κ3) is 3.08. The standard InChI is InChI=1S/C10H15N3O3/c1-10(2,3)9(15)16-13-5-4-7(8(11)14)12-6-13/h4,6H,5H2,1-3H3,(H2,11,14). The summed E-state index contributed by atoms with van der Waals surface area (Å²) >= 11 is 0. The summed E-state index contributed by atoms with van der Waals surface area (Å²) in [5, 5.41) is 1.25. The fourth-order valence-electron chi connectivity index (χ4n) is 0.871. The summed E-state index contributed by atoms with van der Waals surface area (Å²) in [7, 11) is 0. The highest BCUT2D eigenvalue weighted by Crippen LogP contribution is 2.16. The number of carbonyl (C=O) groups is 2. The minimum atomic E-state index is -0.599. The van der Waals surface area contributed by atoms with Crippen molar-refractivity contribution in [3.8, 4) is 0 Å². The first kappa shape index (κ1) is 12.2. The summed E-state index contributed by atoms with van der Waals surface area (Å²) in [5.74, 6) is -0.965. The molecule has 6 heteroatoms. The van der Waals surface area contributed by atoms with Gasteiger partial charge in [-0.1, -0.05) is 0 Å². The van der Waals surface area contributed by atoms with E-state index >= 15 is 0 Å². The molecule has 0 spiro atoms. The van der Waals surface area contributed by atoms with Crippen LogP contribution in [0.3, 0.4) is 0 Å². The molecule has 0 saturated carbocycles. The molecule has 2 N–H and O–H groups in total. The fraction of sp³-hybridized carbons (Fsp3) is 0.500. The zero-order valence-corrected chi connectivity index (χ0v) is 9.56. The second-order valence-corrected chi connectivity index (χ2v) is 4.43. The van der Waals surface area contributed by atoms with E-state index < -0.39 is 11.3 Å². The van der Waals surface area contributed by atoms with E-state index in [1.165, 1.54) is 17.5 Å². The Hall–Kier alpha value is -1.85. The molecule has 0 unspecified atom stereocenters. The molecule has 0 aromatic rings. The summed E-state index contributed by atoms with van der Waals surface area (Å²) in [6, 6.07) is 0. The Balaban J connectivity index is 2.55. The number of hydrogen-bond acceptors (Lipinski definition) is 5. The minimum absolute atomic E-state index is 0.169. The van der Waals surface area contributed by atoms with Crippen LogP contribution in [0.5, 0.6) is 0 Å². The number of rotatable bonds is 2. The smallest absolute Gasteiger partial charge is 0.337 e. The SMILES string of the molecule is CC(C)(C)C(=O)ON1C=NC(C(N)=O)=CC1. The van der Waals surface area contributed by atoms with E-state index in [2.05, 4.69) is 4.99 Å². The minimum Gasteiger partial charge on any atom is -0.364 e. The maximum Gasteiger partial charge on any atom is 0.337 e. The van der Waals surface area contributed by atoms with E-state index in [-0.39, 0.29) is 18.2 Å². The first-order valence-electron chi connectivity index (χ1n) is 4.84. The van der Waals surface area contributed by atoms with Gasteiger partial charge in [0, 0.05) is 0 Å². The van der Waals surface area contributed by atoms with Crippen molar-refractivity contribution in [3.63, 3.8) is 0 Å². The maximum absolute atomic E-state index is 11.5.